The van der Waals surface area contributed by atoms with Crippen molar-refractivity contribution >= 4 is 48.6 Å². The van der Waals surface area contributed by atoms with E-state index in [-0.39, 0.29) is 0 Å². The van der Waals surface area contributed by atoms with Crippen LogP contribution in [0.2, 0.25) is 0 Å². The van der Waals surface area contributed by atoms with Gasteiger partial charge in [0.2, 0.25) is 0 Å². The van der Waals surface area contributed by atoms with Crippen LogP contribution >= 0.6 is 11.3 Å². The Hall–Kier alpha value is -8.12. The quantitative estimate of drug-likeness (QED) is 0.178. The SMILES string of the molecule is c1ccc(N(c2cnc3c(c2)C2(c4ccccc4Oc4cc5c(cc42)-c2ccccc2C52c4ccccc4-c4ccccc42)c2cccnc2-3)c2ccc3c(c2)sc2ccccc23)cc1. The van der Waals surface area contributed by atoms with Crippen molar-refractivity contribution in [2.45, 2.75) is 10.8 Å². The average molecular weight is 846 g/mol. The molecule has 2 spiro atoms. The van der Waals surface area contributed by atoms with E-state index in [1.54, 1.807) is 0 Å². The third-order valence-electron chi connectivity index (χ3n) is 14.6. The van der Waals surface area contributed by atoms with Gasteiger partial charge in [-0.1, -0.05) is 140 Å². The van der Waals surface area contributed by atoms with Gasteiger partial charge in [-0.15, -0.1) is 11.3 Å². The van der Waals surface area contributed by atoms with Crippen LogP contribution in [-0.2, 0) is 10.8 Å². The monoisotopic (exact) mass is 845 g/mol. The fourth-order valence-electron chi connectivity index (χ4n) is 12.2. The largest absolute Gasteiger partial charge is 0.457 e. The molecule has 1 unspecified atom stereocenters. The molecule has 8 aromatic carbocycles. The maximum Gasteiger partial charge on any atom is 0.132 e. The van der Waals surface area contributed by atoms with Gasteiger partial charge in [0.25, 0.3) is 0 Å². The van der Waals surface area contributed by atoms with Crippen LogP contribution in [0.4, 0.5) is 17.1 Å². The van der Waals surface area contributed by atoms with Gasteiger partial charge in [-0.25, -0.2) is 0 Å². The summed E-state index contributed by atoms with van der Waals surface area (Å²) in [4.78, 5) is 12.9. The predicted octanol–water partition coefficient (Wildman–Crippen LogP) is 15.1. The Morgan fingerprint density at radius 1 is 0.369 bits per heavy atom. The van der Waals surface area contributed by atoms with Gasteiger partial charge in [0.15, 0.2) is 0 Å². The second kappa shape index (κ2) is 12.8. The number of benzene rings is 8. The van der Waals surface area contributed by atoms with E-state index in [2.05, 4.69) is 205 Å². The van der Waals surface area contributed by atoms with Crippen molar-refractivity contribution in [3.8, 4) is 45.1 Å². The minimum absolute atomic E-state index is 0.505. The molecule has 4 heterocycles. The number of nitrogens with zero attached hydrogens (tertiary/aromatic N) is 3. The van der Waals surface area contributed by atoms with Crippen molar-refractivity contribution in [1.82, 2.24) is 9.97 Å². The Kier molecular flexibility index (Phi) is 6.94. The number of hydrogen-bond donors (Lipinski definition) is 0. The minimum atomic E-state index is -0.797. The summed E-state index contributed by atoms with van der Waals surface area (Å²) < 4.78 is 9.77. The summed E-state index contributed by atoms with van der Waals surface area (Å²) in [5, 5.41) is 2.56. The molecule has 4 aliphatic rings. The van der Waals surface area contributed by atoms with Crippen molar-refractivity contribution in [2.75, 3.05) is 4.90 Å². The number of fused-ring (bicyclic) bond motifs is 22. The fraction of sp³-hybridized carbons (Fsp3) is 0.0333. The molecule has 0 N–H and O–H groups in total. The standard InChI is InChI=1S/C60H35N3OS/c1-2-15-36(16-3-1)63(37-28-29-43-42-20-7-13-27-55(42)65-56(43)32-37)38-31-52-58(62-35-38)57-49(25-14-30-61-57)60(52)48-24-11-12-26-53(48)64-54-34-50-44(33-51(54)60)41-19-6-10-23-47(41)59(50)45-21-8-4-17-39(45)40-18-5-9-22-46(40)59/h1-35H. The minimum Gasteiger partial charge on any atom is -0.457 e. The number of anilines is 3. The Labute approximate surface area is 379 Å². The molecular weight excluding hydrogens is 811 g/mol. The van der Waals surface area contributed by atoms with E-state index in [9.17, 15) is 0 Å². The van der Waals surface area contributed by atoms with Gasteiger partial charge in [-0.05, 0) is 111 Å². The Bertz CT molecular complexity index is 3810. The molecule has 0 bridgehead atoms. The van der Waals surface area contributed by atoms with E-state index in [1.807, 2.05) is 23.7 Å². The first-order valence-electron chi connectivity index (χ1n) is 22.2. The topological polar surface area (TPSA) is 38.2 Å². The van der Waals surface area contributed by atoms with Gasteiger partial charge < -0.3 is 9.64 Å². The molecule has 3 aromatic heterocycles. The first kappa shape index (κ1) is 35.4. The maximum absolute atomic E-state index is 7.23. The number of pyridine rings is 2. The highest BCUT2D eigenvalue weighted by Gasteiger charge is 2.56. The fourth-order valence-corrected chi connectivity index (χ4v) is 13.3. The van der Waals surface area contributed by atoms with E-state index in [0.717, 1.165) is 62.2 Å². The van der Waals surface area contributed by atoms with Crippen LogP contribution in [0.3, 0.4) is 0 Å². The smallest absolute Gasteiger partial charge is 0.132 e. The lowest BCUT2D eigenvalue weighted by atomic mass is 9.65. The summed E-state index contributed by atoms with van der Waals surface area (Å²) in [5.74, 6) is 1.68. The molecule has 1 aliphatic heterocycles. The van der Waals surface area contributed by atoms with E-state index < -0.39 is 10.8 Å². The second-order valence-corrected chi connectivity index (χ2v) is 18.7. The molecule has 302 valence electrons. The van der Waals surface area contributed by atoms with Crippen molar-refractivity contribution in [1.29, 1.82) is 0 Å². The predicted molar refractivity (Wildman–Crippen MR) is 263 cm³/mol. The number of aromatic nitrogens is 2. The first-order valence-corrected chi connectivity index (χ1v) is 23.0. The molecule has 15 rings (SSSR count). The summed E-state index contributed by atoms with van der Waals surface area (Å²) in [6.07, 6.45) is 3.93. The molecular formula is C60H35N3OS. The Morgan fingerprint density at radius 2 is 0.985 bits per heavy atom. The highest BCUT2D eigenvalue weighted by molar-refractivity contribution is 7.25. The normalized spacial score (nSPS) is 16.0. The molecule has 0 saturated carbocycles. The molecule has 0 saturated heterocycles. The summed E-state index contributed by atoms with van der Waals surface area (Å²) >= 11 is 1.84. The summed E-state index contributed by atoms with van der Waals surface area (Å²) in [6, 6.07) is 73.3. The van der Waals surface area contributed by atoms with Gasteiger partial charge in [0, 0.05) is 54.4 Å². The Balaban J connectivity index is 1.02. The van der Waals surface area contributed by atoms with Crippen LogP contribution in [0.5, 0.6) is 11.5 Å². The Morgan fingerprint density at radius 3 is 1.77 bits per heavy atom. The van der Waals surface area contributed by atoms with Crippen LogP contribution in [0, 0.1) is 0 Å². The van der Waals surface area contributed by atoms with Gasteiger partial charge in [0.05, 0.1) is 34.1 Å². The van der Waals surface area contributed by atoms with Gasteiger partial charge in [-0.3, -0.25) is 9.97 Å². The number of thiophene rings is 1. The summed E-state index contributed by atoms with van der Waals surface area (Å²) in [6.45, 7) is 0. The molecule has 11 aromatic rings. The van der Waals surface area contributed by atoms with E-state index in [4.69, 9.17) is 14.7 Å². The van der Waals surface area contributed by atoms with E-state index in [0.29, 0.717) is 0 Å². The van der Waals surface area contributed by atoms with Gasteiger partial charge >= 0.3 is 0 Å². The van der Waals surface area contributed by atoms with Crippen LogP contribution in [-0.4, -0.2) is 9.97 Å². The highest BCUT2D eigenvalue weighted by Crippen LogP contribution is 2.67. The first-order chi connectivity index (χ1) is 32.2. The van der Waals surface area contributed by atoms with Gasteiger partial charge in [0.1, 0.15) is 11.5 Å². The zero-order chi connectivity index (χ0) is 42.4. The lowest BCUT2D eigenvalue weighted by molar-refractivity contribution is 0.435. The number of ether oxygens (including phenoxy) is 1. The van der Waals surface area contributed by atoms with Crippen molar-refractivity contribution in [2.24, 2.45) is 0 Å². The molecule has 0 fully saturated rings. The third kappa shape index (κ3) is 4.41. The molecule has 5 heteroatoms. The van der Waals surface area contributed by atoms with Crippen LogP contribution in [0.25, 0.3) is 53.8 Å². The number of rotatable bonds is 3. The zero-order valence-corrected chi connectivity index (χ0v) is 35.7. The summed E-state index contributed by atoms with van der Waals surface area (Å²) in [5.41, 5.74) is 18.1. The van der Waals surface area contributed by atoms with E-state index in [1.165, 1.54) is 64.7 Å². The second-order valence-electron chi connectivity index (χ2n) is 17.6. The lowest BCUT2D eigenvalue weighted by Gasteiger charge is -2.40. The highest BCUT2D eigenvalue weighted by atomic mass is 32.1. The van der Waals surface area contributed by atoms with Crippen molar-refractivity contribution in [3.63, 3.8) is 0 Å². The lowest BCUT2D eigenvalue weighted by Crippen LogP contribution is -2.33. The maximum atomic E-state index is 7.23. The van der Waals surface area contributed by atoms with Crippen molar-refractivity contribution in [3.05, 3.63) is 257 Å². The van der Waals surface area contributed by atoms with Crippen LogP contribution in [0.1, 0.15) is 44.5 Å². The molecule has 4 nitrogen and oxygen atoms in total. The van der Waals surface area contributed by atoms with Gasteiger partial charge in [-0.2, -0.15) is 0 Å². The molecule has 0 amide bonds. The van der Waals surface area contributed by atoms with Crippen molar-refractivity contribution < 1.29 is 4.74 Å². The van der Waals surface area contributed by atoms with Crippen LogP contribution in [0.15, 0.2) is 213 Å². The molecule has 1 atom stereocenters. The average Bonchev–Trinajstić information content (AvgIpc) is 4.06. The zero-order valence-electron chi connectivity index (χ0n) is 34.9. The number of hydrogen-bond acceptors (Lipinski definition) is 5. The molecule has 0 radical (unpaired) electrons. The molecule has 65 heavy (non-hydrogen) atoms. The van der Waals surface area contributed by atoms with Crippen LogP contribution < -0.4 is 9.64 Å². The number of para-hydroxylation sites is 2. The third-order valence-corrected chi connectivity index (χ3v) is 15.8. The van der Waals surface area contributed by atoms with E-state index >= 15 is 0 Å². The molecule has 3 aliphatic carbocycles. The summed E-state index contributed by atoms with van der Waals surface area (Å²) in [7, 11) is 0.